The fraction of sp³-hybridized carbons (Fsp3) is 0.500. The molecule has 1 rings (SSSR count). The molecular weight excluding hydrogens is 269 g/mol. The monoisotopic (exact) mass is 282 g/mol. The van der Waals surface area contributed by atoms with Gasteiger partial charge in [-0.25, -0.2) is 0 Å². The van der Waals surface area contributed by atoms with Crippen molar-refractivity contribution in [2.75, 3.05) is 5.75 Å². The van der Waals surface area contributed by atoms with E-state index in [2.05, 4.69) is 0 Å². The van der Waals surface area contributed by atoms with Gasteiger partial charge in [-0.1, -0.05) is 23.7 Å². The van der Waals surface area contributed by atoms with E-state index in [0.29, 0.717) is 5.02 Å². The second kappa shape index (κ2) is 5.53. The van der Waals surface area contributed by atoms with E-state index in [1.807, 2.05) is 26.0 Å². The zero-order chi connectivity index (χ0) is 13.1. The van der Waals surface area contributed by atoms with Gasteiger partial charge >= 0.3 is 6.18 Å². The largest absolute Gasteiger partial charge is 0.389 e. The van der Waals surface area contributed by atoms with Gasteiger partial charge in [0.2, 0.25) is 0 Å². The first kappa shape index (κ1) is 14.7. The summed E-state index contributed by atoms with van der Waals surface area (Å²) in [6, 6.07) is 7.21. The van der Waals surface area contributed by atoms with Crippen LogP contribution in [0.1, 0.15) is 25.8 Å². The number of alkyl halides is 3. The lowest BCUT2D eigenvalue weighted by molar-refractivity contribution is -0.129. The van der Waals surface area contributed by atoms with Crippen LogP contribution in [0.15, 0.2) is 24.3 Å². The smallest absolute Gasteiger partial charge is 0.171 e. The molecule has 0 spiro atoms. The third-order valence-electron chi connectivity index (χ3n) is 2.39. The zero-order valence-electron chi connectivity index (χ0n) is 9.64. The van der Waals surface area contributed by atoms with Gasteiger partial charge in [0, 0.05) is 15.5 Å². The van der Waals surface area contributed by atoms with Crippen LogP contribution in [0.3, 0.4) is 0 Å². The van der Waals surface area contributed by atoms with Gasteiger partial charge in [0.05, 0.1) is 6.42 Å². The lowest BCUT2D eigenvalue weighted by Gasteiger charge is -2.25. The molecule has 0 aliphatic rings. The summed E-state index contributed by atoms with van der Waals surface area (Å²) in [6.07, 6.45) is -4.84. The SMILES string of the molecule is CC(C)(SCCC(F)(F)F)c1ccc(Cl)cc1. The molecule has 1 aromatic carbocycles. The van der Waals surface area contributed by atoms with E-state index in [9.17, 15) is 13.2 Å². The molecular formula is C12H14ClF3S. The van der Waals surface area contributed by atoms with E-state index < -0.39 is 12.6 Å². The van der Waals surface area contributed by atoms with Crippen LogP contribution < -0.4 is 0 Å². The lowest BCUT2D eigenvalue weighted by Crippen LogP contribution is -2.15. The van der Waals surface area contributed by atoms with E-state index >= 15 is 0 Å². The molecule has 0 saturated carbocycles. The van der Waals surface area contributed by atoms with Crippen molar-refractivity contribution in [3.8, 4) is 0 Å². The standard InChI is InChI=1S/C12H14ClF3S/c1-11(2,17-8-7-12(14,15)16)9-3-5-10(13)6-4-9/h3-6H,7-8H2,1-2H3. The van der Waals surface area contributed by atoms with Crippen LogP contribution >= 0.6 is 23.4 Å². The molecule has 5 heteroatoms. The fourth-order valence-electron chi connectivity index (χ4n) is 1.36. The minimum atomic E-state index is -4.08. The lowest BCUT2D eigenvalue weighted by atomic mass is 10.0. The summed E-state index contributed by atoms with van der Waals surface area (Å²) >= 11 is 7.07. The molecule has 0 unspecified atom stereocenters. The number of halogens is 4. The third kappa shape index (κ3) is 5.21. The predicted octanol–water partition coefficient (Wildman–Crippen LogP) is 5.26. The molecule has 0 nitrogen and oxygen atoms in total. The van der Waals surface area contributed by atoms with Crippen molar-refractivity contribution >= 4 is 23.4 Å². The molecule has 0 aromatic heterocycles. The molecule has 0 heterocycles. The summed E-state index contributed by atoms with van der Waals surface area (Å²) < 4.78 is 35.8. The highest BCUT2D eigenvalue weighted by Crippen LogP contribution is 2.37. The van der Waals surface area contributed by atoms with Crippen LogP contribution in [0.5, 0.6) is 0 Å². The second-order valence-corrected chi connectivity index (χ2v) is 6.38. The Balaban J connectivity index is 2.59. The van der Waals surface area contributed by atoms with Crippen molar-refractivity contribution in [1.29, 1.82) is 0 Å². The highest BCUT2D eigenvalue weighted by Gasteiger charge is 2.29. The molecule has 0 bridgehead atoms. The Labute approximate surface area is 109 Å². The van der Waals surface area contributed by atoms with Crippen molar-refractivity contribution in [1.82, 2.24) is 0 Å². The highest BCUT2D eigenvalue weighted by atomic mass is 35.5. The van der Waals surface area contributed by atoms with Gasteiger partial charge in [0.15, 0.2) is 0 Å². The number of thioether (sulfide) groups is 1. The fourth-order valence-corrected chi connectivity index (χ4v) is 2.63. The zero-order valence-corrected chi connectivity index (χ0v) is 11.2. The van der Waals surface area contributed by atoms with Crippen LogP contribution in [0, 0.1) is 0 Å². The van der Waals surface area contributed by atoms with E-state index in [1.54, 1.807) is 12.1 Å². The first-order valence-electron chi connectivity index (χ1n) is 5.17. The van der Waals surface area contributed by atoms with Gasteiger partial charge in [0.25, 0.3) is 0 Å². The average Bonchev–Trinajstić information content (AvgIpc) is 2.15. The summed E-state index contributed by atoms with van der Waals surface area (Å²) in [4.78, 5) is 0. The van der Waals surface area contributed by atoms with E-state index in [0.717, 1.165) is 5.56 Å². The van der Waals surface area contributed by atoms with E-state index in [-0.39, 0.29) is 10.5 Å². The van der Waals surface area contributed by atoms with Crippen LogP contribution in [0.25, 0.3) is 0 Å². The summed E-state index contributed by atoms with van der Waals surface area (Å²) in [7, 11) is 0. The number of rotatable bonds is 4. The van der Waals surface area contributed by atoms with Crippen LogP contribution in [0.2, 0.25) is 5.02 Å². The molecule has 17 heavy (non-hydrogen) atoms. The summed E-state index contributed by atoms with van der Waals surface area (Å²) in [5, 5.41) is 0.629. The average molecular weight is 283 g/mol. The van der Waals surface area contributed by atoms with Gasteiger partial charge in [-0.2, -0.15) is 24.9 Å². The quantitative estimate of drug-likeness (QED) is 0.726. The summed E-state index contributed by atoms with van der Waals surface area (Å²) in [5.74, 6) is 0.0686. The van der Waals surface area contributed by atoms with E-state index in [1.165, 1.54) is 11.8 Å². The predicted molar refractivity (Wildman–Crippen MR) is 67.6 cm³/mol. The van der Waals surface area contributed by atoms with Gasteiger partial charge in [0.1, 0.15) is 0 Å². The Bertz CT molecular complexity index is 357. The molecule has 0 aliphatic carbocycles. The van der Waals surface area contributed by atoms with Crippen LogP contribution in [-0.4, -0.2) is 11.9 Å². The normalized spacial score (nSPS) is 12.8. The van der Waals surface area contributed by atoms with Crippen molar-refractivity contribution < 1.29 is 13.2 Å². The highest BCUT2D eigenvalue weighted by molar-refractivity contribution is 8.00. The maximum Gasteiger partial charge on any atom is 0.389 e. The number of benzene rings is 1. The maximum absolute atomic E-state index is 12.1. The van der Waals surface area contributed by atoms with Crippen molar-refractivity contribution in [2.45, 2.75) is 31.2 Å². The van der Waals surface area contributed by atoms with E-state index in [4.69, 9.17) is 11.6 Å². The molecule has 0 saturated heterocycles. The van der Waals surface area contributed by atoms with Gasteiger partial charge in [-0.3, -0.25) is 0 Å². The molecule has 0 aliphatic heterocycles. The molecule has 0 atom stereocenters. The minimum absolute atomic E-state index is 0.0686. The maximum atomic E-state index is 12.1. The molecule has 0 amide bonds. The Morgan fingerprint density at radius 2 is 1.65 bits per heavy atom. The Hall–Kier alpha value is -0.350. The van der Waals surface area contributed by atoms with Crippen LogP contribution in [-0.2, 0) is 4.75 Å². The topological polar surface area (TPSA) is 0 Å². The van der Waals surface area contributed by atoms with Gasteiger partial charge in [-0.05, 0) is 31.5 Å². The Morgan fingerprint density at radius 3 is 2.12 bits per heavy atom. The molecule has 96 valence electrons. The first-order chi connectivity index (χ1) is 7.71. The Kier molecular flexibility index (Phi) is 4.78. The number of hydrogen-bond acceptors (Lipinski definition) is 1. The van der Waals surface area contributed by atoms with Crippen molar-refractivity contribution in [2.24, 2.45) is 0 Å². The minimum Gasteiger partial charge on any atom is -0.171 e. The van der Waals surface area contributed by atoms with Crippen LogP contribution in [0.4, 0.5) is 13.2 Å². The summed E-state index contributed by atoms with van der Waals surface area (Å²) in [6.45, 7) is 3.83. The first-order valence-corrected chi connectivity index (χ1v) is 6.54. The second-order valence-electron chi connectivity index (χ2n) is 4.23. The molecule has 0 fully saturated rings. The molecule has 0 N–H and O–H groups in total. The van der Waals surface area contributed by atoms with Gasteiger partial charge < -0.3 is 0 Å². The third-order valence-corrected chi connectivity index (χ3v) is 4.01. The molecule has 0 radical (unpaired) electrons. The Morgan fingerprint density at radius 1 is 1.12 bits per heavy atom. The van der Waals surface area contributed by atoms with Gasteiger partial charge in [-0.15, -0.1) is 0 Å². The number of hydrogen-bond donors (Lipinski definition) is 0. The summed E-state index contributed by atoms with van der Waals surface area (Å²) in [5.41, 5.74) is 0.981. The van der Waals surface area contributed by atoms with Crippen molar-refractivity contribution in [3.05, 3.63) is 34.9 Å². The van der Waals surface area contributed by atoms with Crippen molar-refractivity contribution in [3.63, 3.8) is 0 Å². The molecule has 1 aromatic rings.